The maximum Gasteiger partial charge on any atom is 0.335 e. The number of nitrogens with zero attached hydrogens (tertiary/aromatic N) is 1. The molecule has 0 amide bonds. The summed E-state index contributed by atoms with van der Waals surface area (Å²) in [6.45, 7) is 1.62. The molecule has 0 aliphatic heterocycles. The summed E-state index contributed by atoms with van der Waals surface area (Å²) >= 11 is 0. The first-order chi connectivity index (χ1) is 9.53. The van der Waals surface area contributed by atoms with Gasteiger partial charge in [-0.15, -0.1) is 0 Å². The van der Waals surface area contributed by atoms with Gasteiger partial charge in [0.25, 0.3) is 0 Å². The molecule has 1 unspecified atom stereocenters. The van der Waals surface area contributed by atoms with Gasteiger partial charge in [-0.3, -0.25) is 0 Å². The van der Waals surface area contributed by atoms with Crippen molar-refractivity contribution in [1.29, 1.82) is 0 Å². The van der Waals surface area contributed by atoms with Gasteiger partial charge in [0.15, 0.2) is 0 Å². The zero-order valence-corrected chi connectivity index (χ0v) is 13.0. The summed E-state index contributed by atoms with van der Waals surface area (Å²) in [4.78, 5) is 12.4. The molecule has 0 aliphatic rings. The van der Waals surface area contributed by atoms with Crippen LogP contribution in [0.4, 0.5) is 0 Å². The van der Waals surface area contributed by atoms with E-state index in [9.17, 15) is 18.3 Å². The number of hydrogen-bond acceptors (Lipinski definition) is 5. The lowest BCUT2D eigenvalue weighted by Crippen LogP contribution is -2.47. The van der Waals surface area contributed by atoms with E-state index in [1.165, 1.54) is 25.1 Å². The van der Waals surface area contributed by atoms with Crippen molar-refractivity contribution in [3.05, 3.63) is 29.8 Å². The van der Waals surface area contributed by atoms with Crippen LogP contribution in [0.25, 0.3) is 0 Å². The lowest BCUT2D eigenvalue weighted by molar-refractivity contribution is 0.0386. The molecular weight excluding hydrogens is 296 g/mol. The molecule has 0 heterocycles. The van der Waals surface area contributed by atoms with Gasteiger partial charge in [-0.2, -0.15) is 0 Å². The Morgan fingerprint density at radius 2 is 2.00 bits per heavy atom. The summed E-state index contributed by atoms with van der Waals surface area (Å²) in [6.07, 6.45) is 0. The third-order valence-electron chi connectivity index (χ3n) is 2.69. The summed E-state index contributed by atoms with van der Waals surface area (Å²) in [5.74, 6) is -1.20. The van der Waals surface area contributed by atoms with Gasteiger partial charge in [0, 0.05) is 13.1 Å². The van der Waals surface area contributed by atoms with Crippen molar-refractivity contribution in [3.8, 4) is 0 Å². The van der Waals surface area contributed by atoms with Gasteiger partial charge in [0.1, 0.15) is 0 Å². The predicted octanol–water partition coefficient (Wildman–Crippen LogP) is -0.0243. The molecule has 118 valence electrons. The van der Waals surface area contributed by atoms with Crippen molar-refractivity contribution in [2.24, 2.45) is 0 Å². The van der Waals surface area contributed by atoms with Crippen LogP contribution in [0.15, 0.2) is 29.2 Å². The average Bonchev–Trinajstić information content (AvgIpc) is 2.35. The van der Waals surface area contributed by atoms with E-state index in [0.29, 0.717) is 0 Å². The van der Waals surface area contributed by atoms with Crippen LogP contribution in [0.2, 0.25) is 0 Å². The second-order valence-corrected chi connectivity index (χ2v) is 7.16. The Hall–Kier alpha value is -1.48. The van der Waals surface area contributed by atoms with E-state index in [1.807, 2.05) is 0 Å². The molecular formula is C13H20N2O5S. The highest BCUT2D eigenvalue weighted by Crippen LogP contribution is 2.13. The number of hydrogen-bond donors (Lipinski definition) is 3. The van der Waals surface area contributed by atoms with Gasteiger partial charge in [0.05, 0.1) is 16.1 Å². The van der Waals surface area contributed by atoms with Crippen LogP contribution in [0, 0.1) is 0 Å². The number of nitrogens with one attached hydrogen (secondary N) is 1. The number of carboxylic acid groups (broad SMARTS) is 1. The van der Waals surface area contributed by atoms with Crippen LogP contribution in [0.3, 0.4) is 0 Å². The minimum atomic E-state index is -3.88. The second kappa shape index (κ2) is 6.52. The van der Waals surface area contributed by atoms with E-state index in [0.717, 1.165) is 6.07 Å². The van der Waals surface area contributed by atoms with Crippen LogP contribution >= 0.6 is 0 Å². The van der Waals surface area contributed by atoms with Crippen molar-refractivity contribution >= 4 is 16.0 Å². The molecule has 1 aromatic carbocycles. The Labute approximate surface area is 124 Å². The number of sulfonamides is 1. The minimum Gasteiger partial charge on any atom is -0.478 e. The summed E-state index contributed by atoms with van der Waals surface area (Å²) in [6, 6.07) is 5.04. The first kappa shape index (κ1) is 17.6. The number of carbonyl (C=O) groups is 1. The molecule has 0 bridgehead atoms. The smallest absolute Gasteiger partial charge is 0.335 e. The van der Waals surface area contributed by atoms with Crippen LogP contribution in [-0.4, -0.2) is 62.3 Å². The molecule has 1 rings (SSSR count). The van der Waals surface area contributed by atoms with Crippen molar-refractivity contribution in [1.82, 2.24) is 9.62 Å². The third-order valence-corrected chi connectivity index (χ3v) is 4.09. The topological polar surface area (TPSA) is 107 Å². The Kier molecular flexibility index (Phi) is 5.46. The third kappa shape index (κ3) is 5.43. The summed E-state index contributed by atoms with van der Waals surface area (Å²) in [5, 5.41) is 18.9. The van der Waals surface area contributed by atoms with Crippen LogP contribution in [-0.2, 0) is 10.0 Å². The molecule has 1 atom stereocenters. The summed E-state index contributed by atoms with van der Waals surface area (Å²) < 4.78 is 26.5. The molecule has 0 spiro atoms. The Bertz CT molecular complexity index is 611. The maximum atomic E-state index is 12.1. The Balaban J connectivity index is 2.87. The molecule has 0 aromatic heterocycles. The number of carboxylic acids is 1. The predicted molar refractivity (Wildman–Crippen MR) is 77.8 cm³/mol. The van der Waals surface area contributed by atoms with E-state index in [2.05, 4.69) is 4.72 Å². The molecule has 0 radical (unpaired) electrons. The van der Waals surface area contributed by atoms with Crippen LogP contribution in [0.1, 0.15) is 17.3 Å². The van der Waals surface area contributed by atoms with E-state index in [-0.39, 0.29) is 23.5 Å². The second-order valence-electron chi connectivity index (χ2n) is 5.39. The van der Waals surface area contributed by atoms with Gasteiger partial charge in [-0.25, -0.2) is 17.9 Å². The first-order valence-corrected chi connectivity index (χ1v) is 7.72. The van der Waals surface area contributed by atoms with Crippen molar-refractivity contribution < 1.29 is 23.4 Å². The monoisotopic (exact) mass is 316 g/mol. The molecule has 7 nitrogen and oxygen atoms in total. The van der Waals surface area contributed by atoms with E-state index >= 15 is 0 Å². The Morgan fingerprint density at radius 3 is 2.52 bits per heavy atom. The largest absolute Gasteiger partial charge is 0.478 e. The quantitative estimate of drug-likeness (QED) is 0.652. The highest BCUT2D eigenvalue weighted by Gasteiger charge is 2.25. The van der Waals surface area contributed by atoms with E-state index in [1.54, 1.807) is 19.0 Å². The van der Waals surface area contributed by atoms with Gasteiger partial charge in [-0.05, 0) is 39.2 Å². The number of benzene rings is 1. The highest BCUT2D eigenvalue weighted by atomic mass is 32.2. The Morgan fingerprint density at radius 1 is 1.38 bits per heavy atom. The van der Waals surface area contributed by atoms with Crippen molar-refractivity contribution in [3.63, 3.8) is 0 Å². The first-order valence-electron chi connectivity index (χ1n) is 6.24. The fourth-order valence-corrected chi connectivity index (χ4v) is 3.07. The minimum absolute atomic E-state index is 0.113. The molecule has 1 aromatic rings. The van der Waals surface area contributed by atoms with Crippen molar-refractivity contribution in [2.75, 3.05) is 27.2 Å². The normalized spacial score (nSPS) is 14.9. The standard InChI is InChI=1S/C13H20N2O5S/c1-13(18,9-15(2)3)8-14-21(19,20)11-6-4-5-10(7-11)12(16)17/h4-7,14,18H,8-9H2,1-3H3,(H,16,17). The fraction of sp³-hybridized carbons (Fsp3) is 0.462. The van der Waals surface area contributed by atoms with Crippen LogP contribution in [0.5, 0.6) is 0 Å². The number of aromatic carboxylic acids is 1. The number of aliphatic hydroxyl groups is 1. The molecule has 0 aliphatic carbocycles. The molecule has 0 fully saturated rings. The molecule has 21 heavy (non-hydrogen) atoms. The SMILES string of the molecule is CN(C)CC(C)(O)CNS(=O)(=O)c1cccc(C(=O)O)c1. The van der Waals surface area contributed by atoms with Gasteiger partial charge >= 0.3 is 5.97 Å². The van der Waals surface area contributed by atoms with Gasteiger partial charge in [0.2, 0.25) is 10.0 Å². The summed E-state index contributed by atoms with van der Waals surface area (Å²) in [7, 11) is -0.351. The van der Waals surface area contributed by atoms with Gasteiger partial charge < -0.3 is 15.1 Å². The average molecular weight is 316 g/mol. The fourth-order valence-electron chi connectivity index (χ4n) is 1.87. The number of rotatable bonds is 7. The molecule has 3 N–H and O–H groups in total. The molecule has 0 saturated carbocycles. The van der Waals surface area contributed by atoms with E-state index < -0.39 is 21.6 Å². The highest BCUT2D eigenvalue weighted by molar-refractivity contribution is 7.89. The van der Waals surface area contributed by atoms with E-state index in [4.69, 9.17) is 5.11 Å². The number of likely N-dealkylation sites (N-methyl/N-ethyl adjacent to an activating group) is 1. The maximum absolute atomic E-state index is 12.1. The lowest BCUT2D eigenvalue weighted by Gasteiger charge is -2.27. The zero-order valence-electron chi connectivity index (χ0n) is 12.2. The lowest BCUT2D eigenvalue weighted by atomic mass is 10.1. The molecule has 0 saturated heterocycles. The zero-order chi connectivity index (χ0) is 16.3. The van der Waals surface area contributed by atoms with Gasteiger partial charge in [-0.1, -0.05) is 6.07 Å². The van der Waals surface area contributed by atoms with Crippen LogP contribution < -0.4 is 4.72 Å². The molecule has 8 heteroatoms. The summed E-state index contributed by atoms with van der Waals surface area (Å²) in [5.41, 5.74) is -1.35. The van der Waals surface area contributed by atoms with Crippen molar-refractivity contribution in [2.45, 2.75) is 17.4 Å².